The summed E-state index contributed by atoms with van der Waals surface area (Å²) in [5, 5.41) is 4.86. The maximum absolute atomic E-state index is 13.7. The van der Waals surface area contributed by atoms with Gasteiger partial charge in [0.2, 0.25) is 5.75 Å². The van der Waals surface area contributed by atoms with Crippen LogP contribution in [0, 0.1) is 12.7 Å². The molecule has 2 aromatic heterocycles. The Labute approximate surface area is 199 Å². The highest BCUT2D eigenvalue weighted by atomic mass is 35.5. The second kappa shape index (κ2) is 8.96. The Morgan fingerprint density at radius 2 is 1.76 bits per heavy atom. The van der Waals surface area contributed by atoms with Crippen LogP contribution in [0.3, 0.4) is 0 Å². The number of aryl methyl sites for hydroxylation is 1. The van der Waals surface area contributed by atoms with E-state index in [2.05, 4.69) is 10.1 Å². The molecule has 0 aliphatic heterocycles. The molecule has 5 aromatic rings. The van der Waals surface area contributed by atoms with Crippen molar-refractivity contribution < 1.29 is 9.13 Å². The molecule has 6 nitrogen and oxygen atoms in total. The molecule has 3 aromatic carbocycles. The first-order valence-electron chi connectivity index (χ1n) is 10.4. The Morgan fingerprint density at radius 1 is 1.00 bits per heavy atom. The van der Waals surface area contributed by atoms with E-state index in [9.17, 15) is 9.18 Å². The fourth-order valence-electron chi connectivity index (χ4n) is 3.60. The van der Waals surface area contributed by atoms with Gasteiger partial charge in [0.25, 0.3) is 0 Å². The number of halogens is 2. The van der Waals surface area contributed by atoms with Gasteiger partial charge in [-0.25, -0.2) is 9.37 Å². The Kier molecular flexibility index (Phi) is 5.69. The predicted octanol–water partition coefficient (Wildman–Crippen LogP) is 5.98. The summed E-state index contributed by atoms with van der Waals surface area (Å²) in [5.74, 6) is 0.230. The number of nitrogens with zero attached hydrogens (tertiary/aromatic N) is 4. The normalized spacial score (nSPS) is 10.9. The van der Waals surface area contributed by atoms with Gasteiger partial charge in [0.15, 0.2) is 0 Å². The van der Waals surface area contributed by atoms with E-state index in [0.29, 0.717) is 22.1 Å². The fourth-order valence-corrected chi connectivity index (χ4v) is 3.73. The lowest BCUT2D eigenvalue weighted by molar-refractivity contribution is 0.464. The Morgan fingerprint density at radius 3 is 2.47 bits per heavy atom. The third-order valence-corrected chi connectivity index (χ3v) is 5.61. The molecule has 2 heterocycles. The number of hydrogen-bond acceptors (Lipinski definition) is 4. The van der Waals surface area contributed by atoms with Crippen LogP contribution in [0.4, 0.5) is 4.39 Å². The van der Waals surface area contributed by atoms with Crippen molar-refractivity contribution in [2.75, 3.05) is 0 Å². The average molecular weight is 473 g/mol. The van der Waals surface area contributed by atoms with Crippen molar-refractivity contribution >= 4 is 11.6 Å². The molecule has 0 spiro atoms. The lowest BCUT2D eigenvalue weighted by Crippen LogP contribution is -2.23. The van der Waals surface area contributed by atoms with Crippen molar-refractivity contribution in [3.05, 3.63) is 118 Å². The van der Waals surface area contributed by atoms with Crippen LogP contribution < -0.4 is 10.3 Å². The highest BCUT2D eigenvalue weighted by Crippen LogP contribution is 2.29. The van der Waals surface area contributed by atoms with Crippen LogP contribution in [0.5, 0.6) is 11.5 Å². The van der Waals surface area contributed by atoms with E-state index in [1.807, 2.05) is 19.1 Å². The van der Waals surface area contributed by atoms with Gasteiger partial charge in [-0.3, -0.25) is 4.79 Å². The van der Waals surface area contributed by atoms with Crippen molar-refractivity contribution in [1.29, 1.82) is 0 Å². The number of hydrogen-bond donors (Lipinski definition) is 0. The van der Waals surface area contributed by atoms with Gasteiger partial charge in [0, 0.05) is 17.4 Å². The first-order valence-corrected chi connectivity index (χ1v) is 10.8. The molecule has 8 heteroatoms. The molecular formula is C26H18ClFN4O2. The Hall–Kier alpha value is -4.23. The van der Waals surface area contributed by atoms with E-state index in [1.165, 1.54) is 23.0 Å². The number of rotatable bonds is 5. The zero-order valence-corrected chi connectivity index (χ0v) is 18.8. The second-order valence-corrected chi connectivity index (χ2v) is 8.04. The summed E-state index contributed by atoms with van der Waals surface area (Å²) in [4.78, 5) is 17.5. The van der Waals surface area contributed by atoms with Crippen molar-refractivity contribution in [2.45, 2.75) is 6.92 Å². The average Bonchev–Trinajstić information content (AvgIpc) is 3.38. The van der Waals surface area contributed by atoms with Gasteiger partial charge in [0.1, 0.15) is 17.3 Å². The minimum absolute atomic E-state index is 0.0811. The molecule has 0 bridgehead atoms. The summed E-state index contributed by atoms with van der Waals surface area (Å²) in [7, 11) is 0. The van der Waals surface area contributed by atoms with Gasteiger partial charge in [-0.1, -0.05) is 29.8 Å². The van der Waals surface area contributed by atoms with Crippen LogP contribution >= 0.6 is 11.6 Å². The molecule has 0 N–H and O–H groups in total. The first-order chi connectivity index (χ1) is 16.5. The lowest BCUT2D eigenvalue weighted by atomic mass is 10.0. The number of benzene rings is 3. The topological polar surface area (TPSA) is 61.9 Å². The summed E-state index contributed by atoms with van der Waals surface area (Å²) >= 11 is 5.98. The van der Waals surface area contributed by atoms with Crippen LogP contribution in [0.1, 0.15) is 5.56 Å². The van der Waals surface area contributed by atoms with Gasteiger partial charge < -0.3 is 9.30 Å². The first kappa shape index (κ1) is 21.6. The maximum atomic E-state index is 13.7. The Balaban J connectivity index is 1.55. The number of ether oxygens (including phenoxy) is 1. The molecule has 34 heavy (non-hydrogen) atoms. The third kappa shape index (κ3) is 4.21. The van der Waals surface area contributed by atoms with Crippen molar-refractivity contribution in [3.63, 3.8) is 0 Å². The van der Waals surface area contributed by atoms with E-state index in [-0.39, 0.29) is 11.6 Å². The zero-order valence-electron chi connectivity index (χ0n) is 18.0. The quantitative estimate of drug-likeness (QED) is 0.316. The standard InChI is InChI=1S/C26H18ClFN4O2/c1-17-2-7-20(28)14-23(17)18-3-10-22(11-4-18)34-25-24(31-13-12-29-16-31)15-30-32(26(25)33)21-8-5-19(27)6-9-21/h2-16H,1H3. The van der Waals surface area contributed by atoms with Gasteiger partial charge in [-0.05, 0) is 72.1 Å². The largest absolute Gasteiger partial charge is 0.449 e. The fraction of sp³-hybridized carbons (Fsp3) is 0.0385. The monoisotopic (exact) mass is 472 g/mol. The molecule has 0 aliphatic rings. The van der Waals surface area contributed by atoms with Crippen LogP contribution in [-0.4, -0.2) is 19.3 Å². The molecule has 0 saturated carbocycles. The SMILES string of the molecule is Cc1ccc(F)cc1-c1ccc(Oc2c(-n3ccnc3)cnn(-c3ccc(Cl)cc3)c2=O)cc1. The van der Waals surface area contributed by atoms with Crippen LogP contribution in [0.2, 0.25) is 5.02 Å². The van der Waals surface area contributed by atoms with E-state index in [0.717, 1.165) is 16.7 Å². The Bertz CT molecular complexity index is 1510. The molecule has 0 amide bonds. The number of aromatic nitrogens is 4. The summed E-state index contributed by atoms with van der Waals surface area (Å²) < 4.78 is 22.7. The van der Waals surface area contributed by atoms with Crippen molar-refractivity contribution in [1.82, 2.24) is 19.3 Å². The van der Waals surface area contributed by atoms with Gasteiger partial charge >= 0.3 is 5.56 Å². The van der Waals surface area contributed by atoms with Gasteiger partial charge in [0.05, 0.1) is 18.2 Å². The third-order valence-electron chi connectivity index (χ3n) is 5.35. The highest BCUT2D eigenvalue weighted by molar-refractivity contribution is 6.30. The maximum Gasteiger partial charge on any atom is 0.316 e. The lowest BCUT2D eigenvalue weighted by Gasteiger charge is -2.14. The molecule has 0 saturated heterocycles. The summed E-state index contributed by atoms with van der Waals surface area (Å²) in [6, 6.07) is 18.6. The van der Waals surface area contributed by atoms with E-state index < -0.39 is 5.56 Å². The molecule has 5 rings (SSSR count). The molecule has 0 fully saturated rings. The number of imidazole rings is 1. The molecule has 0 radical (unpaired) electrons. The van der Waals surface area contributed by atoms with E-state index in [1.54, 1.807) is 65.8 Å². The smallest absolute Gasteiger partial charge is 0.316 e. The second-order valence-electron chi connectivity index (χ2n) is 7.61. The summed E-state index contributed by atoms with van der Waals surface area (Å²) in [5.41, 5.74) is 3.13. The van der Waals surface area contributed by atoms with Crippen molar-refractivity contribution in [3.8, 4) is 34.0 Å². The van der Waals surface area contributed by atoms with Crippen molar-refractivity contribution in [2.24, 2.45) is 0 Å². The molecule has 0 aliphatic carbocycles. The van der Waals surface area contributed by atoms with Crippen LogP contribution in [-0.2, 0) is 0 Å². The minimum Gasteiger partial charge on any atom is -0.449 e. The molecule has 0 unspecified atom stereocenters. The van der Waals surface area contributed by atoms with Gasteiger partial charge in [-0.15, -0.1) is 0 Å². The molecule has 168 valence electrons. The predicted molar refractivity (Wildman–Crippen MR) is 129 cm³/mol. The minimum atomic E-state index is -0.446. The van der Waals surface area contributed by atoms with Crippen LogP contribution in [0.15, 0.2) is 96.4 Å². The van der Waals surface area contributed by atoms with E-state index >= 15 is 0 Å². The summed E-state index contributed by atoms with van der Waals surface area (Å²) in [6.45, 7) is 1.92. The molecule has 0 atom stereocenters. The van der Waals surface area contributed by atoms with E-state index in [4.69, 9.17) is 16.3 Å². The zero-order chi connectivity index (χ0) is 23.7. The van der Waals surface area contributed by atoms with Gasteiger partial charge in [-0.2, -0.15) is 9.78 Å². The molecular weight excluding hydrogens is 455 g/mol. The highest BCUT2D eigenvalue weighted by Gasteiger charge is 2.17. The van der Waals surface area contributed by atoms with Crippen LogP contribution in [0.25, 0.3) is 22.5 Å². The summed E-state index contributed by atoms with van der Waals surface area (Å²) in [6.07, 6.45) is 6.40.